The molecule has 3 heteroatoms. The number of nitrogens with zero attached hydrogens (tertiary/aromatic N) is 1. The quantitative estimate of drug-likeness (QED) is 0.741. The minimum Gasteiger partial charge on any atom is -0.242 e. The van der Waals surface area contributed by atoms with Gasteiger partial charge < -0.3 is 0 Å². The van der Waals surface area contributed by atoms with Crippen molar-refractivity contribution in [3.05, 3.63) is 22.2 Å². The molecule has 1 rings (SSSR count). The van der Waals surface area contributed by atoms with Crippen LogP contribution in [0, 0.1) is 0 Å². The molecule has 1 aromatic heterocycles. The fourth-order valence-electron chi connectivity index (χ4n) is 0.808. The standard InChI is InChI=1S/C9H12BrNS/c1-7(2)9-11-8(6-12-9)4-3-5-10/h3-4,6-7H,5H2,1-2H3/b4-3+. The Bertz CT molecular complexity index is 265. The molecule has 66 valence electrons. The lowest BCUT2D eigenvalue weighted by molar-refractivity contribution is 0.851. The molecule has 0 atom stereocenters. The molecule has 0 saturated carbocycles. The number of aromatic nitrogens is 1. The SMILES string of the molecule is CC(C)c1nc(/C=C/CBr)cs1. The van der Waals surface area contributed by atoms with Crippen LogP contribution in [0.2, 0.25) is 0 Å². The third-order valence-electron chi connectivity index (χ3n) is 1.41. The normalized spacial score (nSPS) is 11.7. The van der Waals surface area contributed by atoms with Crippen molar-refractivity contribution in [2.45, 2.75) is 19.8 Å². The van der Waals surface area contributed by atoms with Crippen LogP contribution in [0.3, 0.4) is 0 Å². The molecule has 0 aromatic carbocycles. The molecule has 0 aliphatic heterocycles. The summed E-state index contributed by atoms with van der Waals surface area (Å²) in [4.78, 5) is 4.46. The van der Waals surface area contributed by atoms with Gasteiger partial charge in [0, 0.05) is 16.6 Å². The summed E-state index contributed by atoms with van der Waals surface area (Å²) in [5.41, 5.74) is 1.07. The van der Waals surface area contributed by atoms with Crippen LogP contribution in [-0.4, -0.2) is 10.3 Å². The first-order valence-electron chi connectivity index (χ1n) is 3.92. The van der Waals surface area contributed by atoms with E-state index in [4.69, 9.17) is 0 Å². The number of alkyl halides is 1. The van der Waals surface area contributed by atoms with Gasteiger partial charge in [0.2, 0.25) is 0 Å². The van der Waals surface area contributed by atoms with Crippen LogP contribution < -0.4 is 0 Å². The second kappa shape index (κ2) is 4.77. The molecule has 0 spiro atoms. The summed E-state index contributed by atoms with van der Waals surface area (Å²) in [5.74, 6) is 0.543. The van der Waals surface area contributed by atoms with E-state index < -0.39 is 0 Å². The third-order valence-corrected chi connectivity index (χ3v) is 2.95. The largest absolute Gasteiger partial charge is 0.242 e. The van der Waals surface area contributed by atoms with Gasteiger partial charge in [-0.3, -0.25) is 0 Å². The second-order valence-corrected chi connectivity index (χ2v) is 4.36. The van der Waals surface area contributed by atoms with Gasteiger partial charge in [-0.2, -0.15) is 0 Å². The molecule has 0 bridgehead atoms. The summed E-state index contributed by atoms with van der Waals surface area (Å²) >= 11 is 5.06. The van der Waals surface area contributed by atoms with Crippen LogP contribution in [0.4, 0.5) is 0 Å². The van der Waals surface area contributed by atoms with Crippen molar-refractivity contribution in [1.82, 2.24) is 4.98 Å². The zero-order valence-electron chi connectivity index (χ0n) is 7.25. The first-order chi connectivity index (χ1) is 5.74. The Morgan fingerprint density at radius 1 is 1.67 bits per heavy atom. The van der Waals surface area contributed by atoms with Gasteiger partial charge in [0.05, 0.1) is 10.7 Å². The fraction of sp³-hybridized carbons (Fsp3) is 0.444. The lowest BCUT2D eigenvalue weighted by Gasteiger charge is -1.94. The molecule has 0 amide bonds. The van der Waals surface area contributed by atoms with Crippen LogP contribution in [-0.2, 0) is 0 Å². The van der Waals surface area contributed by atoms with Crippen molar-refractivity contribution in [2.75, 3.05) is 5.33 Å². The maximum atomic E-state index is 4.46. The second-order valence-electron chi connectivity index (χ2n) is 2.82. The molecule has 1 nitrogen and oxygen atoms in total. The van der Waals surface area contributed by atoms with Gasteiger partial charge in [-0.1, -0.05) is 35.9 Å². The number of halogens is 1. The molecular formula is C9H12BrNS. The highest BCUT2D eigenvalue weighted by Crippen LogP contribution is 2.19. The topological polar surface area (TPSA) is 12.9 Å². The van der Waals surface area contributed by atoms with Gasteiger partial charge in [-0.05, 0) is 6.08 Å². The van der Waals surface area contributed by atoms with Crippen LogP contribution in [0.5, 0.6) is 0 Å². The van der Waals surface area contributed by atoms with Gasteiger partial charge in [-0.25, -0.2) is 4.98 Å². The average molecular weight is 246 g/mol. The van der Waals surface area contributed by atoms with E-state index in [0.717, 1.165) is 11.0 Å². The number of hydrogen-bond donors (Lipinski definition) is 0. The van der Waals surface area contributed by atoms with E-state index >= 15 is 0 Å². The maximum absolute atomic E-state index is 4.46. The third kappa shape index (κ3) is 2.72. The summed E-state index contributed by atoms with van der Waals surface area (Å²) in [6.45, 7) is 4.33. The molecule has 0 fully saturated rings. The smallest absolute Gasteiger partial charge is 0.0957 e. The molecular weight excluding hydrogens is 234 g/mol. The van der Waals surface area contributed by atoms with Crippen molar-refractivity contribution in [3.63, 3.8) is 0 Å². The maximum Gasteiger partial charge on any atom is 0.0957 e. The monoisotopic (exact) mass is 245 g/mol. The van der Waals surface area contributed by atoms with E-state index in [0.29, 0.717) is 5.92 Å². The summed E-state index contributed by atoms with van der Waals surface area (Å²) in [5, 5.41) is 4.19. The van der Waals surface area contributed by atoms with Crippen molar-refractivity contribution < 1.29 is 0 Å². The Morgan fingerprint density at radius 2 is 2.42 bits per heavy atom. The van der Waals surface area contributed by atoms with E-state index in [1.165, 1.54) is 5.01 Å². The molecule has 0 saturated heterocycles. The van der Waals surface area contributed by atoms with E-state index in [2.05, 4.69) is 46.2 Å². The molecule has 1 heterocycles. The molecule has 0 aliphatic carbocycles. The lowest BCUT2D eigenvalue weighted by Crippen LogP contribution is -1.84. The number of hydrogen-bond acceptors (Lipinski definition) is 2. The highest BCUT2D eigenvalue weighted by Gasteiger charge is 2.02. The highest BCUT2D eigenvalue weighted by atomic mass is 79.9. The van der Waals surface area contributed by atoms with E-state index in [1.807, 2.05) is 6.08 Å². The van der Waals surface area contributed by atoms with Crippen molar-refractivity contribution in [2.24, 2.45) is 0 Å². The van der Waals surface area contributed by atoms with E-state index in [1.54, 1.807) is 11.3 Å². The summed E-state index contributed by atoms with van der Waals surface area (Å²) in [6.07, 6.45) is 4.09. The van der Waals surface area contributed by atoms with Crippen LogP contribution >= 0.6 is 27.3 Å². The highest BCUT2D eigenvalue weighted by molar-refractivity contribution is 9.09. The van der Waals surface area contributed by atoms with Gasteiger partial charge >= 0.3 is 0 Å². The predicted molar refractivity (Wildman–Crippen MR) is 59.0 cm³/mol. The van der Waals surface area contributed by atoms with Crippen LogP contribution in [0.1, 0.15) is 30.5 Å². The van der Waals surface area contributed by atoms with E-state index in [9.17, 15) is 0 Å². The van der Waals surface area contributed by atoms with Crippen molar-refractivity contribution >= 4 is 33.3 Å². The number of rotatable bonds is 3. The first kappa shape index (κ1) is 9.93. The molecule has 12 heavy (non-hydrogen) atoms. The van der Waals surface area contributed by atoms with Gasteiger partial charge in [-0.15, -0.1) is 11.3 Å². The number of allylic oxidation sites excluding steroid dienone is 1. The molecule has 0 N–H and O–H groups in total. The Kier molecular flexibility index (Phi) is 3.95. The van der Waals surface area contributed by atoms with Gasteiger partial charge in [0.15, 0.2) is 0 Å². The minimum atomic E-state index is 0.543. The first-order valence-corrected chi connectivity index (χ1v) is 5.92. The predicted octanol–water partition coefficient (Wildman–Crippen LogP) is 3.67. The summed E-state index contributed by atoms with van der Waals surface area (Å²) in [6, 6.07) is 0. The summed E-state index contributed by atoms with van der Waals surface area (Å²) in [7, 11) is 0. The molecule has 0 unspecified atom stereocenters. The number of thiazole rings is 1. The molecule has 0 aliphatic rings. The summed E-state index contributed by atoms with van der Waals surface area (Å²) < 4.78 is 0. The molecule has 0 radical (unpaired) electrons. The Hall–Kier alpha value is -0.150. The Morgan fingerprint density at radius 3 is 2.92 bits per heavy atom. The lowest BCUT2D eigenvalue weighted by atomic mass is 10.2. The van der Waals surface area contributed by atoms with Crippen LogP contribution in [0.25, 0.3) is 6.08 Å². The fourth-order valence-corrected chi connectivity index (χ4v) is 1.80. The van der Waals surface area contributed by atoms with Crippen molar-refractivity contribution in [3.8, 4) is 0 Å². The molecule has 1 aromatic rings. The zero-order chi connectivity index (χ0) is 8.97. The Balaban J connectivity index is 2.70. The average Bonchev–Trinajstić information content (AvgIpc) is 2.48. The van der Waals surface area contributed by atoms with Gasteiger partial charge in [0.1, 0.15) is 0 Å². The Labute approximate surface area is 85.7 Å². The van der Waals surface area contributed by atoms with Crippen LogP contribution in [0.15, 0.2) is 11.5 Å². The minimum absolute atomic E-state index is 0.543. The van der Waals surface area contributed by atoms with Crippen molar-refractivity contribution in [1.29, 1.82) is 0 Å². The van der Waals surface area contributed by atoms with E-state index in [-0.39, 0.29) is 0 Å². The van der Waals surface area contributed by atoms with Gasteiger partial charge in [0.25, 0.3) is 0 Å². The zero-order valence-corrected chi connectivity index (χ0v) is 9.65.